The highest BCUT2D eigenvalue weighted by atomic mass is 16.5. The second kappa shape index (κ2) is 8.06. The number of aromatic nitrogens is 1. The molecule has 0 amide bonds. The van der Waals surface area contributed by atoms with Crippen LogP contribution in [0.5, 0.6) is 0 Å². The molecule has 1 fully saturated rings. The minimum atomic E-state index is -1.40. The van der Waals surface area contributed by atoms with E-state index in [4.69, 9.17) is 9.15 Å². The number of nitrogens with zero attached hydrogens (tertiary/aromatic N) is 1. The predicted octanol–water partition coefficient (Wildman–Crippen LogP) is 1.83. The zero-order valence-corrected chi connectivity index (χ0v) is 15.8. The van der Waals surface area contributed by atoms with Gasteiger partial charge in [0, 0.05) is 5.56 Å². The van der Waals surface area contributed by atoms with Crippen molar-refractivity contribution in [2.75, 3.05) is 6.61 Å². The summed E-state index contributed by atoms with van der Waals surface area (Å²) in [5.41, 5.74) is 3.36. The minimum Gasteiger partial charge on any atom is -0.441 e. The Hall–Kier alpha value is -2.55. The van der Waals surface area contributed by atoms with Crippen LogP contribution in [0, 0.1) is 6.92 Å². The molecular weight excluding hydrogens is 374 g/mol. The molecular formula is C22H23NO6. The van der Waals surface area contributed by atoms with Crippen LogP contribution in [0.2, 0.25) is 0 Å². The zero-order chi connectivity index (χ0) is 20.5. The molecule has 7 heteroatoms. The molecule has 29 heavy (non-hydrogen) atoms. The summed E-state index contributed by atoms with van der Waals surface area (Å²) >= 11 is 0. The van der Waals surface area contributed by atoms with Crippen molar-refractivity contribution in [2.24, 2.45) is 0 Å². The van der Waals surface area contributed by atoms with Gasteiger partial charge in [-0.2, -0.15) is 0 Å². The Morgan fingerprint density at radius 3 is 2.28 bits per heavy atom. The quantitative estimate of drug-likeness (QED) is 0.531. The molecule has 0 spiro atoms. The Labute approximate surface area is 167 Å². The van der Waals surface area contributed by atoms with Crippen LogP contribution in [-0.2, 0) is 4.74 Å². The molecule has 152 valence electrons. The second-order valence-electron chi connectivity index (χ2n) is 7.23. The van der Waals surface area contributed by atoms with E-state index in [0.29, 0.717) is 11.5 Å². The van der Waals surface area contributed by atoms with Gasteiger partial charge in [0.25, 0.3) is 0 Å². The lowest BCUT2D eigenvalue weighted by Crippen LogP contribution is -2.55. The van der Waals surface area contributed by atoms with Crippen molar-refractivity contribution >= 4 is 0 Å². The number of benzene rings is 2. The molecule has 0 saturated carbocycles. The first-order chi connectivity index (χ1) is 14.0. The van der Waals surface area contributed by atoms with E-state index in [-0.39, 0.29) is 0 Å². The lowest BCUT2D eigenvalue weighted by Gasteiger charge is -2.40. The van der Waals surface area contributed by atoms with E-state index < -0.39 is 37.1 Å². The molecule has 0 aliphatic carbocycles. The standard InChI is InChI=1S/C22H23NO6/c1-12-10-23-22(28-12)14-7-5-13(6-8-14)15-3-2-4-16(9-15)21-20(27)19(26)18(25)17(11-24)29-21/h2-10,17-21,24-27H,11H2,1H3/t17-,18-,19+,20+,21-/m1/s1. The Morgan fingerprint density at radius 1 is 0.897 bits per heavy atom. The highest BCUT2D eigenvalue weighted by Crippen LogP contribution is 2.34. The molecule has 0 unspecified atom stereocenters. The van der Waals surface area contributed by atoms with Crippen molar-refractivity contribution in [3.63, 3.8) is 0 Å². The first-order valence-electron chi connectivity index (χ1n) is 9.41. The van der Waals surface area contributed by atoms with Crippen LogP contribution in [0.3, 0.4) is 0 Å². The lowest BCUT2D eigenvalue weighted by molar-refractivity contribution is -0.231. The fourth-order valence-corrected chi connectivity index (χ4v) is 3.57. The van der Waals surface area contributed by atoms with Gasteiger partial charge in [-0.25, -0.2) is 4.98 Å². The van der Waals surface area contributed by atoms with E-state index in [9.17, 15) is 20.4 Å². The minimum absolute atomic E-state index is 0.455. The summed E-state index contributed by atoms with van der Waals surface area (Å²) in [4.78, 5) is 4.22. The fraction of sp³-hybridized carbons (Fsp3) is 0.318. The number of ether oxygens (including phenoxy) is 1. The van der Waals surface area contributed by atoms with Crippen LogP contribution in [0.15, 0.2) is 59.1 Å². The number of hydrogen-bond acceptors (Lipinski definition) is 7. The van der Waals surface area contributed by atoms with E-state index in [1.807, 2.05) is 49.4 Å². The Morgan fingerprint density at radius 2 is 1.62 bits per heavy atom. The molecule has 5 atom stereocenters. The zero-order valence-electron chi connectivity index (χ0n) is 15.8. The molecule has 1 aliphatic heterocycles. The van der Waals surface area contributed by atoms with Crippen molar-refractivity contribution in [2.45, 2.75) is 37.4 Å². The molecule has 4 N–H and O–H groups in total. The van der Waals surface area contributed by atoms with Crippen LogP contribution in [-0.4, -0.2) is 56.4 Å². The van der Waals surface area contributed by atoms with Crippen LogP contribution in [0.25, 0.3) is 22.6 Å². The maximum absolute atomic E-state index is 10.4. The Kier molecular flexibility index (Phi) is 5.49. The van der Waals surface area contributed by atoms with E-state index in [1.54, 1.807) is 12.3 Å². The molecule has 1 aliphatic rings. The van der Waals surface area contributed by atoms with Gasteiger partial charge in [0.1, 0.15) is 36.3 Å². The summed E-state index contributed by atoms with van der Waals surface area (Å²) < 4.78 is 11.2. The first-order valence-corrected chi connectivity index (χ1v) is 9.41. The number of rotatable bonds is 4. The summed E-state index contributed by atoms with van der Waals surface area (Å²) in [5, 5.41) is 39.8. The summed E-state index contributed by atoms with van der Waals surface area (Å²) in [6, 6.07) is 15.1. The van der Waals surface area contributed by atoms with E-state index in [0.717, 1.165) is 22.5 Å². The molecule has 1 saturated heterocycles. The van der Waals surface area contributed by atoms with Gasteiger partial charge in [-0.3, -0.25) is 0 Å². The number of hydrogen-bond donors (Lipinski definition) is 4. The van der Waals surface area contributed by atoms with Gasteiger partial charge >= 0.3 is 0 Å². The van der Waals surface area contributed by atoms with Crippen LogP contribution in [0.1, 0.15) is 17.4 Å². The Balaban J connectivity index is 1.60. The SMILES string of the molecule is Cc1cnc(-c2ccc(-c3cccc([C@H]4O[C@H](CO)[C@@H](O)[C@H](O)[C@@H]4O)c3)cc2)o1. The monoisotopic (exact) mass is 397 g/mol. The maximum Gasteiger partial charge on any atom is 0.226 e. The third-order valence-corrected chi connectivity index (χ3v) is 5.19. The molecule has 0 bridgehead atoms. The number of aliphatic hydroxyl groups is 4. The van der Waals surface area contributed by atoms with Crippen molar-refractivity contribution < 1.29 is 29.6 Å². The molecule has 2 heterocycles. The molecule has 3 aromatic rings. The van der Waals surface area contributed by atoms with E-state index >= 15 is 0 Å². The van der Waals surface area contributed by atoms with E-state index in [2.05, 4.69) is 4.98 Å². The average molecular weight is 397 g/mol. The lowest BCUT2D eigenvalue weighted by atomic mass is 9.90. The topological polar surface area (TPSA) is 116 Å². The number of aryl methyl sites for hydroxylation is 1. The van der Waals surface area contributed by atoms with Crippen LogP contribution in [0.4, 0.5) is 0 Å². The highest BCUT2D eigenvalue weighted by molar-refractivity contribution is 5.68. The van der Waals surface area contributed by atoms with Gasteiger partial charge in [-0.05, 0) is 41.8 Å². The summed E-state index contributed by atoms with van der Waals surface area (Å²) in [6.45, 7) is 1.39. The van der Waals surface area contributed by atoms with Gasteiger partial charge in [-0.1, -0.05) is 30.3 Å². The van der Waals surface area contributed by atoms with Gasteiger partial charge in [0.05, 0.1) is 12.8 Å². The molecule has 7 nitrogen and oxygen atoms in total. The van der Waals surface area contributed by atoms with Crippen molar-refractivity contribution in [1.82, 2.24) is 4.98 Å². The fourth-order valence-electron chi connectivity index (χ4n) is 3.57. The van der Waals surface area contributed by atoms with Gasteiger partial charge in [0.15, 0.2) is 0 Å². The predicted molar refractivity (Wildman–Crippen MR) is 105 cm³/mol. The van der Waals surface area contributed by atoms with Gasteiger partial charge in [-0.15, -0.1) is 0 Å². The van der Waals surface area contributed by atoms with Crippen molar-refractivity contribution in [3.05, 3.63) is 66.1 Å². The number of aliphatic hydroxyl groups excluding tert-OH is 4. The van der Waals surface area contributed by atoms with Crippen molar-refractivity contribution in [3.8, 4) is 22.6 Å². The first kappa shape index (κ1) is 19.8. The van der Waals surface area contributed by atoms with Crippen LogP contribution >= 0.6 is 0 Å². The molecule has 2 aromatic carbocycles. The molecule has 4 rings (SSSR count). The third-order valence-electron chi connectivity index (χ3n) is 5.19. The summed E-state index contributed by atoms with van der Waals surface area (Å²) in [5.74, 6) is 1.31. The Bertz CT molecular complexity index is 967. The van der Waals surface area contributed by atoms with Gasteiger partial charge < -0.3 is 29.6 Å². The van der Waals surface area contributed by atoms with Crippen LogP contribution < -0.4 is 0 Å². The van der Waals surface area contributed by atoms with Gasteiger partial charge in [0.2, 0.25) is 5.89 Å². The average Bonchev–Trinajstić information content (AvgIpc) is 3.19. The summed E-state index contributed by atoms with van der Waals surface area (Å²) in [6.07, 6.45) is -4.21. The molecule has 0 radical (unpaired) electrons. The second-order valence-corrected chi connectivity index (χ2v) is 7.23. The normalized spacial score (nSPS) is 27.1. The summed E-state index contributed by atoms with van der Waals surface area (Å²) in [7, 11) is 0. The maximum atomic E-state index is 10.4. The van der Waals surface area contributed by atoms with Crippen molar-refractivity contribution in [1.29, 1.82) is 0 Å². The highest BCUT2D eigenvalue weighted by Gasteiger charge is 2.43. The number of oxazole rings is 1. The smallest absolute Gasteiger partial charge is 0.226 e. The largest absolute Gasteiger partial charge is 0.441 e. The third kappa shape index (κ3) is 3.83. The molecule has 1 aromatic heterocycles. The van der Waals surface area contributed by atoms with E-state index in [1.165, 1.54) is 0 Å².